The van der Waals surface area contributed by atoms with Gasteiger partial charge in [-0.15, -0.1) is 0 Å². The molecule has 102 valence electrons. The molecule has 0 heterocycles. The van der Waals surface area contributed by atoms with E-state index in [-0.39, 0.29) is 5.56 Å². The van der Waals surface area contributed by atoms with Crippen molar-refractivity contribution in [3.05, 3.63) is 57.8 Å². The molecule has 0 saturated carbocycles. The molecule has 0 radical (unpaired) electrons. The molecule has 0 aromatic heterocycles. The van der Waals surface area contributed by atoms with E-state index in [1.165, 1.54) is 6.07 Å². The second-order valence-corrected chi connectivity index (χ2v) is 4.95. The van der Waals surface area contributed by atoms with E-state index in [4.69, 9.17) is 10.00 Å². The normalized spacial score (nSPS) is 9.90. The highest BCUT2D eigenvalue weighted by Gasteiger charge is 2.07. The van der Waals surface area contributed by atoms with Crippen LogP contribution in [0.5, 0.6) is 5.75 Å². The monoisotopic (exact) mass is 334 g/mol. The van der Waals surface area contributed by atoms with Crippen LogP contribution in [0.1, 0.15) is 11.1 Å². The highest BCUT2D eigenvalue weighted by Crippen LogP contribution is 2.26. The fourth-order valence-corrected chi connectivity index (χ4v) is 2.39. The number of benzene rings is 2. The lowest BCUT2D eigenvalue weighted by molar-refractivity contribution is 0.412. The Balaban J connectivity index is 2.15. The minimum Gasteiger partial charge on any atom is -0.496 e. The van der Waals surface area contributed by atoms with Crippen molar-refractivity contribution in [2.45, 2.75) is 6.54 Å². The fourth-order valence-electron chi connectivity index (χ4n) is 1.80. The molecular formula is C15H12BrFN2O. The average Bonchev–Trinajstić information content (AvgIpc) is 2.45. The summed E-state index contributed by atoms with van der Waals surface area (Å²) in [6, 6.07) is 12.1. The lowest BCUT2D eigenvalue weighted by Gasteiger charge is -2.10. The Hall–Kier alpha value is -2.06. The van der Waals surface area contributed by atoms with Crippen LogP contribution >= 0.6 is 15.9 Å². The van der Waals surface area contributed by atoms with Crippen molar-refractivity contribution >= 4 is 21.6 Å². The summed E-state index contributed by atoms with van der Waals surface area (Å²) in [5.41, 5.74) is 1.50. The van der Waals surface area contributed by atoms with Crippen molar-refractivity contribution in [1.29, 1.82) is 5.26 Å². The van der Waals surface area contributed by atoms with Gasteiger partial charge in [-0.3, -0.25) is 0 Å². The number of hydrogen-bond donors (Lipinski definition) is 1. The van der Waals surface area contributed by atoms with Gasteiger partial charge >= 0.3 is 0 Å². The second kappa shape index (κ2) is 6.40. The van der Waals surface area contributed by atoms with E-state index in [2.05, 4.69) is 21.2 Å². The maximum Gasteiger partial charge on any atom is 0.143 e. The van der Waals surface area contributed by atoms with Gasteiger partial charge in [-0.25, -0.2) is 4.39 Å². The number of nitrogens with zero attached hydrogens (tertiary/aromatic N) is 1. The Morgan fingerprint density at radius 3 is 2.80 bits per heavy atom. The number of hydrogen-bond acceptors (Lipinski definition) is 3. The average molecular weight is 335 g/mol. The minimum atomic E-state index is -0.520. The zero-order valence-corrected chi connectivity index (χ0v) is 12.4. The molecule has 0 aliphatic rings. The van der Waals surface area contributed by atoms with Gasteiger partial charge < -0.3 is 10.1 Å². The predicted molar refractivity (Wildman–Crippen MR) is 79.1 cm³/mol. The van der Waals surface area contributed by atoms with Crippen LogP contribution in [0.3, 0.4) is 0 Å². The molecule has 0 amide bonds. The van der Waals surface area contributed by atoms with Gasteiger partial charge in [0.25, 0.3) is 0 Å². The summed E-state index contributed by atoms with van der Waals surface area (Å²) in [5.74, 6) is 0.227. The predicted octanol–water partition coefficient (Wildman–Crippen LogP) is 4.08. The first-order valence-corrected chi connectivity index (χ1v) is 6.70. The molecule has 5 heteroatoms. The number of anilines is 1. The SMILES string of the molecule is COc1ccc(CNc2cccc(F)c2C#N)cc1Br. The first-order chi connectivity index (χ1) is 9.65. The minimum absolute atomic E-state index is 0.0278. The zero-order valence-electron chi connectivity index (χ0n) is 10.8. The van der Waals surface area contributed by atoms with Gasteiger partial charge in [0.2, 0.25) is 0 Å². The van der Waals surface area contributed by atoms with E-state index >= 15 is 0 Å². The van der Waals surface area contributed by atoms with Crippen molar-refractivity contribution in [3.63, 3.8) is 0 Å². The molecule has 0 aliphatic heterocycles. The summed E-state index contributed by atoms with van der Waals surface area (Å²) < 4.78 is 19.5. The van der Waals surface area contributed by atoms with Crippen LogP contribution in [0.4, 0.5) is 10.1 Å². The number of nitrogens with one attached hydrogen (secondary N) is 1. The molecule has 0 atom stereocenters. The van der Waals surface area contributed by atoms with Gasteiger partial charge in [0, 0.05) is 6.54 Å². The molecule has 0 saturated heterocycles. The molecule has 0 aliphatic carbocycles. The Bertz CT molecular complexity index is 667. The molecular weight excluding hydrogens is 323 g/mol. The third-order valence-corrected chi connectivity index (χ3v) is 3.44. The van der Waals surface area contributed by atoms with Crippen LogP contribution in [-0.4, -0.2) is 7.11 Å². The van der Waals surface area contributed by atoms with Crippen molar-refractivity contribution in [1.82, 2.24) is 0 Å². The van der Waals surface area contributed by atoms with Crippen molar-refractivity contribution in [3.8, 4) is 11.8 Å². The van der Waals surface area contributed by atoms with Gasteiger partial charge in [-0.05, 0) is 45.8 Å². The molecule has 2 rings (SSSR count). The topological polar surface area (TPSA) is 45.0 Å². The van der Waals surface area contributed by atoms with E-state index < -0.39 is 5.82 Å². The van der Waals surface area contributed by atoms with Crippen LogP contribution in [0, 0.1) is 17.1 Å². The molecule has 1 N–H and O–H groups in total. The molecule has 0 unspecified atom stereocenters. The van der Waals surface area contributed by atoms with Crippen LogP contribution in [0.2, 0.25) is 0 Å². The first kappa shape index (κ1) is 14.4. The van der Waals surface area contributed by atoms with Crippen LogP contribution in [-0.2, 0) is 6.54 Å². The Morgan fingerprint density at radius 1 is 1.35 bits per heavy atom. The van der Waals surface area contributed by atoms with E-state index in [1.807, 2.05) is 24.3 Å². The molecule has 2 aromatic rings. The van der Waals surface area contributed by atoms with E-state index in [9.17, 15) is 4.39 Å². The van der Waals surface area contributed by atoms with Crippen molar-refractivity contribution < 1.29 is 9.13 Å². The maximum absolute atomic E-state index is 13.5. The quantitative estimate of drug-likeness (QED) is 0.916. The third-order valence-electron chi connectivity index (χ3n) is 2.82. The lowest BCUT2D eigenvalue weighted by Crippen LogP contribution is -2.02. The number of rotatable bonds is 4. The molecule has 0 bridgehead atoms. The summed E-state index contributed by atoms with van der Waals surface area (Å²) in [6.07, 6.45) is 0. The van der Waals surface area contributed by atoms with Gasteiger partial charge in [0.1, 0.15) is 23.2 Å². The summed E-state index contributed by atoms with van der Waals surface area (Å²) >= 11 is 3.41. The summed E-state index contributed by atoms with van der Waals surface area (Å²) in [4.78, 5) is 0. The van der Waals surface area contributed by atoms with Crippen molar-refractivity contribution in [2.75, 3.05) is 12.4 Å². The fraction of sp³-hybridized carbons (Fsp3) is 0.133. The van der Waals surface area contributed by atoms with Gasteiger partial charge in [0.05, 0.1) is 17.3 Å². The smallest absolute Gasteiger partial charge is 0.143 e. The largest absolute Gasteiger partial charge is 0.496 e. The number of methoxy groups -OCH3 is 1. The first-order valence-electron chi connectivity index (χ1n) is 5.90. The van der Waals surface area contributed by atoms with Gasteiger partial charge in [-0.1, -0.05) is 12.1 Å². The van der Waals surface area contributed by atoms with Crippen LogP contribution < -0.4 is 10.1 Å². The highest BCUT2D eigenvalue weighted by molar-refractivity contribution is 9.10. The molecule has 0 spiro atoms. The van der Waals surface area contributed by atoms with Crippen molar-refractivity contribution in [2.24, 2.45) is 0 Å². The molecule has 20 heavy (non-hydrogen) atoms. The highest BCUT2D eigenvalue weighted by atomic mass is 79.9. The maximum atomic E-state index is 13.5. The Morgan fingerprint density at radius 2 is 2.15 bits per heavy atom. The standard InChI is InChI=1S/C15H12BrFN2O/c1-20-15-6-5-10(7-12(15)16)9-19-14-4-2-3-13(17)11(14)8-18/h2-7,19H,9H2,1H3. The zero-order chi connectivity index (χ0) is 14.5. The lowest BCUT2D eigenvalue weighted by atomic mass is 10.1. The van der Waals surface area contributed by atoms with E-state index in [1.54, 1.807) is 19.2 Å². The molecule has 2 aromatic carbocycles. The van der Waals surface area contributed by atoms with Gasteiger partial charge in [0.15, 0.2) is 0 Å². The third kappa shape index (κ3) is 3.09. The number of ether oxygens (including phenoxy) is 1. The second-order valence-electron chi connectivity index (χ2n) is 4.10. The molecule has 0 fully saturated rings. The van der Waals surface area contributed by atoms with Crippen LogP contribution in [0.25, 0.3) is 0 Å². The van der Waals surface area contributed by atoms with E-state index in [0.717, 1.165) is 15.8 Å². The number of nitriles is 1. The van der Waals surface area contributed by atoms with Crippen LogP contribution in [0.15, 0.2) is 40.9 Å². The molecule has 3 nitrogen and oxygen atoms in total. The Kier molecular flexibility index (Phi) is 4.59. The number of halogens is 2. The van der Waals surface area contributed by atoms with E-state index in [0.29, 0.717) is 12.2 Å². The summed E-state index contributed by atoms with van der Waals surface area (Å²) in [6.45, 7) is 0.487. The van der Waals surface area contributed by atoms with Gasteiger partial charge in [-0.2, -0.15) is 5.26 Å². The summed E-state index contributed by atoms with van der Waals surface area (Å²) in [5, 5.41) is 12.0. The Labute approximate surface area is 125 Å². The summed E-state index contributed by atoms with van der Waals surface area (Å²) in [7, 11) is 1.60.